The maximum absolute atomic E-state index is 12.1. The second kappa shape index (κ2) is 3.64. The highest BCUT2D eigenvalue weighted by atomic mass is 32.2. The number of hydrogen-bond donors (Lipinski definition) is 2. The third-order valence-corrected chi connectivity index (χ3v) is 4.73. The number of rotatable bonds is 2. The Hall–Kier alpha value is -1.27. The van der Waals surface area contributed by atoms with Crippen LogP contribution in [0.5, 0.6) is 0 Å². The largest absolute Gasteiger partial charge is 0.351 e. The summed E-state index contributed by atoms with van der Waals surface area (Å²) in [6.07, 6.45) is -0.718. The van der Waals surface area contributed by atoms with Gasteiger partial charge in [0.25, 0.3) is 0 Å². The molecule has 0 spiro atoms. The zero-order chi connectivity index (χ0) is 11.9. The first-order valence-electron chi connectivity index (χ1n) is 5.09. The molecule has 1 aliphatic rings. The van der Waals surface area contributed by atoms with E-state index in [4.69, 9.17) is 5.73 Å². The van der Waals surface area contributed by atoms with E-state index in [1.165, 1.54) is 4.31 Å². The van der Waals surface area contributed by atoms with Crippen LogP contribution in [0.15, 0.2) is 24.3 Å². The third-order valence-electron chi connectivity index (χ3n) is 2.57. The highest BCUT2D eigenvalue weighted by Gasteiger charge is 2.36. The van der Waals surface area contributed by atoms with Crippen LogP contribution in [-0.4, -0.2) is 20.0 Å². The number of para-hydroxylation sites is 2. The lowest BCUT2D eigenvalue weighted by Crippen LogP contribution is -2.48. The third kappa shape index (κ3) is 1.54. The Balaban J connectivity index is 2.52. The molecule has 0 bridgehead atoms. The molecule has 1 aromatic rings. The van der Waals surface area contributed by atoms with Crippen molar-refractivity contribution in [2.75, 3.05) is 9.62 Å². The van der Waals surface area contributed by atoms with Crippen molar-refractivity contribution in [2.45, 2.75) is 25.4 Å². The Labute approximate surface area is 95.3 Å². The molecule has 1 aliphatic heterocycles. The quantitative estimate of drug-likeness (QED) is 0.806. The van der Waals surface area contributed by atoms with E-state index in [1.807, 2.05) is 12.1 Å². The van der Waals surface area contributed by atoms with Gasteiger partial charge in [0.1, 0.15) is 0 Å². The van der Waals surface area contributed by atoms with Gasteiger partial charge in [-0.15, -0.1) is 0 Å². The molecule has 0 fully saturated rings. The number of nitrogens with two attached hydrogens (primary N) is 1. The highest BCUT2D eigenvalue weighted by Crippen LogP contribution is 2.35. The van der Waals surface area contributed by atoms with Crippen molar-refractivity contribution in [3.05, 3.63) is 24.3 Å². The molecule has 0 amide bonds. The first kappa shape index (κ1) is 11.2. The molecule has 88 valence electrons. The Bertz CT molecular complexity index is 499. The van der Waals surface area contributed by atoms with E-state index in [9.17, 15) is 8.42 Å². The van der Waals surface area contributed by atoms with Gasteiger partial charge in [-0.2, -0.15) is 0 Å². The SMILES string of the molecule is CC(C)S(=O)(=O)N1c2ccccc2NC1N. The lowest BCUT2D eigenvalue weighted by Gasteiger charge is -2.25. The maximum atomic E-state index is 12.1. The van der Waals surface area contributed by atoms with Crippen LogP contribution in [0, 0.1) is 0 Å². The zero-order valence-corrected chi connectivity index (χ0v) is 10.0. The van der Waals surface area contributed by atoms with Crippen LogP contribution in [-0.2, 0) is 10.0 Å². The molecule has 0 aliphatic carbocycles. The highest BCUT2D eigenvalue weighted by molar-refractivity contribution is 7.93. The summed E-state index contributed by atoms with van der Waals surface area (Å²) >= 11 is 0. The van der Waals surface area contributed by atoms with Gasteiger partial charge in [0.2, 0.25) is 10.0 Å². The van der Waals surface area contributed by atoms with Crippen molar-refractivity contribution >= 4 is 21.4 Å². The van der Waals surface area contributed by atoms with E-state index >= 15 is 0 Å². The molecule has 1 unspecified atom stereocenters. The second-order valence-corrected chi connectivity index (χ2v) is 6.36. The van der Waals surface area contributed by atoms with Gasteiger partial charge >= 0.3 is 0 Å². The van der Waals surface area contributed by atoms with Gasteiger partial charge < -0.3 is 5.32 Å². The number of benzene rings is 1. The maximum Gasteiger partial charge on any atom is 0.240 e. The molecular formula is C10H15N3O2S. The van der Waals surface area contributed by atoms with E-state index in [0.29, 0.717) is 5.69 Å². The summed E-state index contributed by atoms with van der Waals surface area (Å²) in [5, 5.41) is 2.44. The Morgan fingerprint density at radius 2 is 2.00 bits per heavy atom. The molecule has 1 heterocycles. The van der Waals surface area contributed by atoms with Crippen molar-refractivity contribution in [1.82, 2.24) is 0 Å². The molecule has 2 rings (SSSR count). The molecule has 0 aromatic heterocycles. The first-order valence-corrected chi connectivity index (χ1v) is 6.59. The summed E-state index contributed by atoms with van der Waals surface area (Å²) in [6.45, 7) is 3.28. The van der Waals surface area contributed by atoms with Gasteiger partial charge in [-0.25, -0.2) is 12.7 Å². The number of anilines is 2. The lowest BCUT2D eigenvalue weighted by molar-refractivity contribution is 0.577. The van der Waals surface area contributed by atoms with Gasteiger partial charge in [-0.1, -0.05) is 12.1 Å². The van der Waals surface area contributed by atoms with Crippen molar-refractivity contribution in [3.63, 3.8) is 0 Å². The number of nitrogens with one attached hydrogen (secondary N) is 1. The normalized spacial score (nSPS) is 19.8. The van der Waals surface area contributed by atoms with E-state index < -0.39 is 21.6 Å². The summed E-state index contributed by atoms with van der Waals surface area (Å²) in [7, 11) is -3.39. The lowest BCUT2D eigenvalue weighted by atomic mass is 10.3. The molecule has 5 nitrogen and oxygen atoms in total. The van der Waals surface area contributed by atoms with Gasteiger partial charge in [-0.05, 0) is 26.0 Å². The topological polar surface area (TPSA) is 75.4 Å². The van der Waals surface area contributed by atoms with Crippen LogP contribution < -0.4 is 15.4 Å². The van der Waals surface area contributed by atoms with Gasteiger partial charge in [0.05, 0.1) is 16.6 Å². The molecule has 6 heteroatoms. The fourth-order valence-electron chi connectivity index (χ4n) is 1.68. The van der Waals surface area contributed by atoms with Crippen LogP contribution in [0.2, 0.25) is 0 Å². The molecule has 1 atom stereocenters. The average Bonchev–Trinajstić information content (AvgIpc) is 2.53. The van der Waals surface area contributed by atoms with Crippen LogP contribution in [0.3, 0.4) is 0 Å². The number of sulfonamides is 1. The molecule has 1 aromatic carbocycles. The Morgan fingerprint density at radius 3 is 2.62 bits per heavy atom. The smallest absolute Gasteiger partial charge is 0.240 e. The minimum atomic E-state index is -3.39. The molecule has 0 saturated carbocycles. The summed E-state index contributed by atoms with van der Waals surface area (Å²) < 4.78 is 25.5. The fourth-order valence-corrected chi connectivity index (χ4v) is 2.94. The standard InChI is InChI=1S/C10H15N3O2S/c1-7(2)16(14,15)13-9-6-4-3-5-8(9)12-10(13)11/h3-7,10,12H,11H2,1-2H3. The molecular weight excluding hydrogens is 226 g/mol. The van der Waals surface area contributed by atoms with Crippen molar-refractivity contribution in [1.29, 1.82) is 0 Å². The van der Waals surface area contributed by atoms with Crippen molar-refractivity contribution < 1.29 is 8.42 Å². The number of hydrogen-bond acceptors (Lipinski definition) is 4. The Morgan fingerprint density at radius 1 is 1.38 bits per heavy atom. The predicted octanol–water partition coefficient (Wildman–Crippen LogP) is 0.899. The summed E-state index contributed by atoms with van der Waals surface area (Å²) in [5.41, 5.74) is 7.15. The molecule has 16 heavy (non-hydrogen) atoms. The fraction of sp³-hybridized carbons (Fsp3) is 0.400. The van der Waals surface area contributed by atoms with Crippen LogP contribution in [0.25, 0.3) is 0 Å². The first-order chi connectivity index (χ1) is 7.44. The summed E-state index contributed by atoms with van der Waals surface area (Å²) in [5.74, 6) is 0. The van der Waals surface area contributed by atoms with Crippen LogP contribution in [0.4, 0.5) is 11.4 Å². The van der Waals surface area contributed by atoms with Crippen molar-refractivity contribution in [3.8, 4) is 0 Å². The van der Waals surface area contributed by atoms with E-state index in [0.717, 1.165) is 5.69 Å². The molecule has 0 radical (unpaired) electrons. The number of nitrogens with zero attached hydrogens (tertiary/aromatic N) is 1. The van der Waals surface area contributed by atoms with E-state index in [2.05, 4.69) is 5.32 Å². The van der Waals surface area contributed by atoms with Gasteiger partial charge in [0.15, 0.2) is 6.29 Å². The molecule has 0 saturated heterocycles. The van der Waals surface area contributed by atoms with Gasteiger partial charge in [0, 0.05) is 0 Å². The number of fused-ring (bicyclic) bond motifs is 1. The van der Waals surface area contributed by atoms with Crippen LogP contribution in [0.1, 0.15) is 13.8 Å². The Kier molecular flexibility index (Phi) is 2.55. The predicted molar refractivity (Wildman–Crippen MR) is 64.6 cm³/mol. The minimum absolute atomic E-state index is 0.494. The van der Waals surface area contributed by atoms with E-state index in [-0.39, 0.29) is 0 Å². The summed E-state index contributed by atoms with van der Waals surface area (Å²) in [4.78, 5) is 0. The average molecular weight is 241 g/mol. The summed E-state index contributed by atoms with van der Waals surface area (Å²) in [6, 6.07) is 7.19. The minimum Gasteiger partial charge on any atom is -0.351 e. The van der Waals surface area contributed by atoms with Crippen LogP contribution >= 0.6 is 0 Å². The van der Waals surface area contributed by atoms with Gasteiger partial charge in [-0.3, -0.25) is 5.73 Å². The second-order valence-electron chi connectivity index (χ2n) is 4.00. The van der Waals surface area contributed by atoms with E-state index in [1.54, 1.807) is 26.0 Å². The monoisotopic (exact) mass is 241 g/mol. The molecule has 3 N–H and O–H groups in total. The van der Waals surface area contributed by atoms with Crippen molar-refractivity contribution in [2.24, 2.45) is 5.73 Å². The zero-order valence-electron chi connectivity index (χ0n) is 9.21.